The molecule has 0 radical (unpaired) electrons. The molecule has 9 rings (SSSR count). The molecule has 2 aromatic carbocycles. The lowest BCUT2D eigenvalue weighted by Crippen LogP contribution is -2.74. The van der Waals surface area contributed by atoms with E-state index in [1.807, 2.05) is 15.6 Å². The fourth-order valence-corrected chi connectivity index (χ4v) is 11.3. The van der Waals surface area contributed by atoms with Crippen LogP contribution >= 0.6 is 11.6 Å². The number of rotatable bonds is 13. The molecule has 15 nitrogen and oxygen atoms in total. The molecule has 358 valence electrons. The third-order valence-electron chi connectivity index (χ3n) is 14.4. The highest BCUT2D eigenvalue weighted by Gasteiger charge is 2.64. The van der Waals surface area contributed by atoms with Crippen molar-refractivity contribution in [2.75, 3.05) is 42.6 Å². The van der Waals surface area contributed by atoms with Crippen molar-refractivity contribution < 1.29 is 27.8 Å². The number of ether oxygens (including phenoxy) is 2. The molecular weight excluding hydrogens is 892 g/mol. The summed E-state index contributed by atoms with van der Waals surface area (Å²) in [6.07, 6.45) is 8.29. The minimum Gasteiger partial charge on any atom is -0.489 e. The normalized spacial score (nSPS) is 19.8. The number of nitrogens with one attached hydrogen (secondary N) is 1. The number of aryl methyl sites for hydroxylation is 3. The number of benzene rings is 2. The zero-order valence-corrected chi connectivity index (χ0v) is 40.2. The molecule has 68 heavy (non-hydrogen) atoms. The molecule has 6 heterocycles. The van der Waals surface area contributed by atoms with Gasteiger partial charge in [0.15, 0.2) is 5.82 Å². The van der Waals surface area contributed by atoms with Gasteiger partial charge in [-0.1, -0.05) is 39.3 Å². The number of fused-ring (bicyclic) bond motifs is 2. The third kappa shape index (κ3) is 9.00. The van der Waals surface area contributed by atoms with E-state index in [0.717, 1.165) is 60.4 Å². The van der Waals surface area contributed by atoms with Crippen LogP contribution in [0.4, 0.5) is 26.2 Å². The van der Waals surface area contributed by atoms with E-state index in [-0.39, 0.29) is 35.6 Å². The summed E-state index contributed by atoms with van der Waals surface area (Å²) in [5.41, 5.74) is 4.82. The summed E-state index contributed by atoms with van der Waals surface area (Å²) in [4.78, 5) is 41.3. The topological polar surface area (TPSA) is 160 Å². The maximum absolute atomic E-state index is 14.7. The number of aromatic nitrogens is 6. The number of hydrogen-bond donors (Lipinski definition) is 1. The minimum atomic E-state index is -2.67. The van der Waals surface area contributed by atoms with Crippen LogP contribution in [0.3, 0.4) is 0 Å². The van der Waals surface area contributed by atoms with Gasteiger partial charge in [0.05, 0.1) is 35.0 Å². The highest BCUT2D eigenvalue weighted by atomic mass is 35.5. The number of hydrogen-bond acceptors (Lipinski definition) is 11. The zero-order chi connectivity index (χ0) is 48.1. The first-order valence-electron chi connectivity index (χ1n) is 23.4. The molecule has 4 aliphatic rings. The Kier molecular flexibility index (Phi) is 13.0. The predicted octanol–water partition coefficient (Wildman–Crippen LogP) is 8.21. The Bertz CT molecular complexity index is 2730. The quantitative estimate of drug-likeness (QED) is 0.113. The Balaban J connectivity index is 0.788. The van der Waals surface area contributed by atoms with Crippen molar-refractivity contribution in [3.63, 3.8) is 0 Å². The lowest BCUT2D eigenvalue weighted by atomic mass is 9.49. The number of nitriles is 1. The number of piperidine rings is 1. The molecule has 1 N–H and O–H groups in total. The first-order chi connectivity index (χ1) is 32.5. The van der Waals surface area contributed by atoms with E-state index in [4.69, 9.17) is 26.2 Å². The van der Waals surface area contributed by atoms with E-state index in [9.17, 15) is 23.6 Å². The van der Waals surface area contributed by atoms with E-state index < -0.39 is 17.3 Å². The molecule has 0 unspecified atom stereocenters. The van der Waals surface area contributed by atoms with Gasteiger partial charge in [-0.25, -0.2) is 18.7 Å². The van der Waals surface area contributed by atoms with Crippen molar-refractivity contribution in [3.8, 4) is 22.9 Å². The number of alkyl halides is 2. The van der Waals surface area contributed by atoms with Crippen molar-refractivity contribution in [3.05, 3.63) is 93.7 Å². The monoisotopic (exact) mass is 949 g/mol. The Labute approximate surface area is 400 Å². The maximum atomic E-state index is 14.7. The fourth-order valence-electron chi connectivity index (χ4n) is 11.1. The molecule has 1 saturated heterocycles. The molecule has 18 heteroatoms. The fraction of sp³-hybridized carbons (Fsp3) is 0.500. The molecule has 0 spiro atoms. The van der Waals surface area contributed by atoms with E-state index in [0.29, 0.717) is 91.3 Å². The molecular formula is C50H58ClF2N11O4. The molecule has 2 amide bonds. The third-order valence-corrected chi connectivity index (χ3v) is 14.7. The van der Waals surface area contributed by atoms with Crippen LogP contribution < -0.4 is 19.9 Å². The average molecular weight is 951 g/mol. The Hall–Kier alpha value is -6.12. The van der Waals surface area contributed by atoms with E-state index in [1.165, 1.54) is 0 Å². The second kappa shape index (κ2) is 18.8. The Morgan fingerprint density at radius 1 is 1.01 bits per heavy atom. The summed E-state index contributed by atoms with van der Waals surface area (Å²) < 4.78 is 45.8. The van der Waals surface area contributed by atoms with E-state index in [1.54, 1.807) is 67.7 Å². The van der Waals surface area contributed by atoms with Crippen LogP contribution in [-0.2, 0) is 42.5 Å². The van der Waals surface area contributed by atoms with Gasteiger partial charge in [0.1, 0.15) is 17.9 Å². The molecule has 3 aromatic heterocycles. The van der Waals surface area contributed by atoms with Gasteiger partial charge in [0.25, 0.3) is 12.3 Å². The number of carbonyl (C=O) groups is 2. The summed E-state index contributed by atoms with van der Waals surface area (Å²) >= 11 is 6.26. The SMILES string of the molecule is CC(=O)N1CCc2c(c(N3CCCc4cc(-c5cnn(C)c5)c(C(F)F)cc43)nn2CCCOC2CCN(c3ncc(C(=O)NC4C(C)(C)C(Oc5ccc(C#N)c(Cl)c5)C4(C)C)cn3)CC2)C1. The van der Waals surface area contributed by atoms with Gasteiger partial charge >= 0.3 is 0 Å². The van der Waals surface area contributed by atoms with E-state index >= 15 is 0 Å². The Morgan fingerprint density at radius 2 is 1.76 bits per heavy atom. The predicted molar refractivity (Wildman–Crippen MR) is 253 cm³/mol. The van der Waals surface area contributed by atoms with Crippen LogP contribution in [0.2, 0.25) is 5.02 Å². The lowest BCUT2D eigenvalue weighted by Gasteiger charge is -2.63. The second-order valence-electron chi connectivity index (χ2n) is 19.7. The summed E-state index contributed by atoms with van der Waals surface area (Å²) in [5, 5.41) is 22.2. The number of carbonyl (C=O) groups excluding carboxylic acids is 2. The van der Waals surface area contributed by atoms with Crippen LogP contribution in [0.1, 0.15) is 105 Å². The first kappa shape index (κ1) is 47.0. The van der Waals surface area contributed by atoms with Crippen molar-refractivity contribution in [1.29, 1.82) is 5.26 Å². The summed E-state index contributed by atoms with van der Waals surface area (Å²) in [6.45, 7) is 14.1. The number of halogens is 3. The van der Waals surface area contributed by atoms with Crippen molar-refractivity contribution in [2.24, 2.45) is 17.9 Å². The summed E-state index contributed by atoms with van der Waals surface area (Å²) in [6, 6.07) is 10.4. The average Bonchev–Trinajstić information content (AvgIpc) is 3.93. The van der Waals surface area contributed by atoms with E-state index in [2.05, 4.69) is 63.9 Å². The highest BCUT2D eigenvalue weighted by Crippen LogP contribution is 2.56. The van der Waals surface area contributed by atoms with Gasteiger partial charge in [-0.15, -0.1) is 0 Å². The molecule has 1 aliphatic carbocycles. The maximum Gasteiger partial charge on any atom is 0.264 e. The van der Waals surface area contributed by atoms with Gasteiger partial charge in [-0.05, 0) is 67.5 Å². The van der Waals surface area contributed by atoms with Crippen LogP contribution in [-0.4, -0.2) is 97.3 Å². The Morgan fingerprint density at radius 3 is 2.43 bits per heavy atom. The molecule has 1 saturated carbocycles. The van der Waals surface area contributed by atoms with Gasteiger partial charge < -0.3 is 29.5 Å². The zero-order valence-electron chi connectivity index (χ0n) is 39.4. The first-order valence-corrected chi connectivity index (χ1v) is 23.8. The molecule has 0 bridgehead atoms. The van der Waals surface area contributed by atoms with Gasteiger partial charge in [0.2, 0.25) is 11.9 Å². The van der Waals surface area contributed by atoms with Crippen molar-refractivity contribution in [2.45, 2.75) is 111 Å². The van der Waals surface area contributed by atoms with Crippen LogP contribution in [0.5, 0.6) is 5.75 Å². The number of amides is 2. The van der Waals surface area contributed by atoms with Crippen molar-refractivity contribution in [1.82, 2.24) is 39.7 Å². The minimum absolute atomic E-state index is 0.00627. The second-order valence-corrected chi connectivity index (χ2v) is 20.1. The van der Waals surface area contributed by atoms with Crippen LogP contribution in [0.25, 0.3) is 11.1 Å². The van der Waals surface area contributed by atoms with Crippen LogP contribution in [0, 0.1) is 22.2 Å². The van der Waals surface area contributed by atoms with Crippen molar-refractivity contribution >= 4 is 40.9 Å². The molecule has 0 atom stereocenters. The summed E-state index contributed by atoms with van der Waals surface area (Å²) in [5.74, 6) is 1.60. The number of anilines is 3. The van der Waals surface area contributed by atoms with Gasteiger partial charge in [-0.2, -0.15) is 15.5 Å². The standard InChI is InChI=1S/C50H58ClF2N11O4/c1-30(65)62-19-14-41-39(29-62)44(63-15-7-9-31-21-37(34-27-57-60(6)28-34)38(43(52)53)23-42(31)63)59-64(41)16-8-20-67-35-12-17-61(18-13-35)48-55-25-33(26-56-48)45(66)58-46-49(2,3)47(50(46,4)5)68-36-11-10-32(24-54)40(51)22-36/h10-11,21-23,25-28,35,43,46-47H,7-9,12-20,29H2,1-6H3,(H,58,66). The van der Waals surface area contributed by atoms with Crippen LogP contribution in [0.15, 0.2) is 55.1 Å². The molecule has 3 aliphatic heterocycles. The largest absolute Gasteiger partial charge is 0.489 e. The molecule has 2 fully saturated rings. The smallest absolute Gasteiger partial charge is 0.264 e. The highest BCUT2D eigenvalue weighted by molar-refractivity contribution is 6.31. The lowest BCUT2D eigenvalue weighted by molar-refractivity contribution is -0.164. The van der Waals surface area contributed by atoms with Gasteiger partial charge in [0, 0.05) is 129 Å². The number of nitrogens with zero attached hydrogens (tertiary/aromatic N) is 10. The molecule has 5 aromatic rings. The van der Waals surface area contributed by atoms with Gasteiger partial charge in [-0.3, -0.25) is 19.0 Å². The summed E-state index contributed by atoms with van der Waals surface area (Å²) in [7, 11) is 1.78.